The van der Waals surface area contributed by atoms with Gasteiger partial charge in [-0.15, -0.1) is 0 Å². The van der Waals surface area contributed by atoms with Crippen LogP contribution in [0.15, 0.2) is 71.6 Å². The lowest BCUT2D eigenvalue weighted by Crippen LogP contribution is -2.40. The minimum absolute atomic E-state index is 0.0405. The van der Waals surface area contributed by atoms with Crippen molar-refractivity contribution in [2.24, 2.45) is 5.92 Å². The summed E-state index contributed by atoms with van der Waals surface area (Å²) in [5.41, 5.74) is 0.759. The molecule has 1 aliphatic rings. The number of nitrogens with zero attached hydrogens (tertiary/aromatic N) is 1. The van der Waals surface area contributed by atoms with Gasteiger partial charge < -0.3 is 5.32 Å². The second-order valence-electron chi connectivity index (χ2n) is 9.66. The van der Waals surface area contributed by atoms with E-state index in [9.17, 15) is 26.4 Å². The molecular formula is C28H28ClFN2O6S2. The number of carbonyl (C=O) groups is 2. The van der Waals surface area contributed by atoms with Crippen LogP contribution in [-0.4, -0.2) is 45.0 Å². The minimum atomic E-state index is -4.09. The highest BCUT2D eigenvalue weighted by Crippen LogP contribution is 2.46. The van der Waals surface area contributed by atoms with Crippen LogP contribution in [0.1, 0.15) is 47.3 Å². The third kappa shape index (κ3) is 6.89. The van der Waals surface area contributed by atoms with Crippen LogP contribution in [0, 0.1) is 11.7 Å². The molecule has 40 heavy (non-hydrogen) atoms. The smallest absolute Gasteiger partial charge is 0.270 e. The molecule has 0 heterocycles. The average molecular weight is 607 g/mol. The van der Waals surface area contributed by atoms with Crippen LogP contribution in [0.3, 0.4) is 0 Å². The van der Waals surface area contributed by atoms with Crippen molar-refractivity contribution in [1.29, 1.82) is 0 Å². The summed E-state index contributed by atoms with van der Waals surface area (Å²) in [6.07, 6.45) is 2.25. The van der Waals surface area contributed by atoms with Crippen LogP contribution in [0.2, 0.25) is 5.02 Å². The summed E-state index contributed by atoms with van der Waals surface area (Å²) in [7, 11) is -7.46. The number of carbonyl (C=O) groups excluding carboxylic acids is 2. The molecule has 1 fully saturated rings. The van der Waals surface area contributed by atoms with E-state index in [4.69, 9.17) is 11.6 Å². The molecule has 8 nitrogen and oxygen atoms in total. The first-order valence-corrected chi connectivity index (χ1v) is 16.4. The van der Waals surface area contributed by atoms with Crippen molar-refractivity contribution < 1.29 is 30.8 Å². The third-order valence-corrected chi connectivity index (χ3v) is 9.71. The first-order chi connectivity index (χ1) is 18.8. The summed E-state index contributed by atoms with van der Waals surface area (Å²) in [6, 6.07) is 15.0. The highest BCUT2D eigenvalue weighted by molar-refractivity contribution is 7.91. The van der Waals surface area contributed by atoms with Gasteiger partial charge in [-0.1, -0.05) is 42.8 Å². The Balaban J connectivity index is 1.52. The van der Waals surface area contributed by atoms with Crippen molar-refractivity contribution in [3.8, 4) is 0 Å². The molecule has 4 rings (SSSR count). The van der Waals surface area contributed by atoms with E-state index in [1.165, 1.54) is 30.3 Å². The summed E-state index contributed by atoms with van der Waals surface area (Å²) in [5.74, 6) is -2.62. The molecule has 0 aliphatic heterocycles. The van der Waals surface area contributed by atoms with Crippen molar-refractivity contribution in [1.82, 2.24) is 4.31 Å². The lowest BCUT2D eigenvalue weighted by atomic mass is 10.0. The third-order valence-electron chi connectivity index (χ3n) is 6.60. The lowest BCUT2D eigenvalue weighted by Gasteiger charge is -2.30. The highest BCUT2D eigenvalue weighted by atomic mass is 35.5. The Bertz CT molecular complexity index is 1640. The van der Waals surface area contributed by atoms with E-state index in [0.29, 0.717) is 16.1 Å². The first kappa shape index (κ1) is 29.7. The zero-order valence-corrected chi connectivity index (χ0v) is 24.2. The van der Waals surface area contributed by atoms with Crippen LogP contribution in [0.4, 0.5) is 10.1 Å². The van der Waals surface area contributed by atoms with Crippen LogP contribution < -0.4 is 5.32 Å². The van der Waals surface area contributed by atoms with Gasteiger partial charge in [0.05, 0.1) is 34.9 Å². The van der Waals surface area contributed by atoms with Gasteiger partial charge in [0.15, 0.2) is 9.84 Å². The molecule has 1 atom stereocenters. The summed E-state index contributed by atoms with van der Waals surface area (Å²) < 4.78 is 65.5. The van der Waals surface area contributed by atoms with Crippen LogP contribution in [0.25, 0.3) is 0 Å². The van der Waals surface area contributed by atoms with E-state index in [0.717, 1.165) is 35.5 Å². The molecule has 0 saturated heterocycles. The zero-order chi connectivity index (χ0) is 29.2. The number of anilines is 1. The van der Waals surface area contributed by atoms with Crippen LogP contribution in [-0.2, 0) is 31.1 Å². The van der Waals surface area contributed by atoms with Gasteiger partial charge in [0.25, 0.3) is 5.91 Å². The molecule has 1 N–H and O–H groups in total. The van der Waals surface area contributed by atoms with Gasteiger partial charge in [0, 0.05) is 10.7 Å². The normalized spacial score (nSPS) is 14.4. The number of hydrogen-bond acceptors (Lipinski definition) is 6. The standard InChI is InChI=1S/C28H28ClFN2O6S2/c1-3-40(37,38)23-13-4-18(5-14-23)16-26(33)31-22-12-15-24(25(30)17-22)28(34)32(39(2,35)36)27(19-6-7-19)20-8-10-21(29)11-9-20/h4-5,8-15,17,19,27H,3,6-7,16H2,1-2H3,(H,31,33)/t27-/m1/s1. The van der Waals surface area contributed by atoms with Crippen molar-refractivity contribution in [3.05, 3.63) is 94.3 Å². The summed E-state index contributed by atoms with van der Waals surface area (Å²) >= 11 is 5.98. The molecule has 2 amide bonds. The van der Waals surface area contributed by atoms with Crippen molar-refractivity contribution in [3.63, 3.8) is 0 Å². The average Bonchev–Trinajstić information content (AvgIpc) is 3.72. The Labute approximate surface area is 238 Å². The summed E-state index contributed by atoms with van der Waals surface area (Å²) in [4.78, 5) is 26.2. The Morgan fingerprint density at radius 2 is 1.62 bits per heavy atom. The molecule has 0 unspecified atom stereocenters. The van der Waals surface area contributed by atoms with Crippen LogP contribution >= 0.6 is 11.6 Å². The number of amides is 2. The highest BCUT2D eigenvalue weighted by Gasteiger charge is 2.43. The quantitative estimate of drug-likeness (QED) is 0.347. The van der Waals surface area contributed by atoms with Gasteiger partial charge in [-0.3, -0.25) is 9.59 Å². The minimum Gasteiger partial charge on any atom is -0.326 e. The Morgan fingerprint density at radius 3 is 2.15 bits per heavy atom. The van der Waals surface area contributed by atoms with Gasteiger partial charge in [-0.05, 0) is 72.4 Å². The molecule has 0 spiro atoms. The zero-order valence-electron chi connectivity index (χ0n) is 21.8. The number of hydrogen-bond donors (Lipinski definition) is 1. The molecule has 3 aromatic rings. The van der Waals surface area contributed by atoms with Crippen molar-refractivity contribution in [2.75, 3.05) is 17.3 Å². The number of sulfonamides is 1. The Hall–Kier alpha value is -3.28. The largest absolute Gasteiger partial charge is 0.326 e. The number of rotatable bonds is 10. The van der Waals surface area contributed by atoms with Gasteiger partial charge in [-0.25, -0.2) is 25.5 Å². The fourth-order valence-electron chi connectivity index (χ4n) is 4.41. The van der Waals surface area contributed by atoms with E-state index in [2.05, 4.69) is 5.32 Å². The molecule has 0 bridgehead atoms. The van der Waals surface area contributed by atoms with E-state index >= 15 is 4.39 Å². The topological polar surface area (TPSA) is 118 Å². The van der Waals surface area contributed by atoms with Crippen molar-refractivity contribution >= 4 is 49.0 Å². The Kier molecular flexibility index (Phi) is 8.67. The van der Waals surface area contributed by atoms with Gasteiger partial charge >= 0.3 is 0 Å². The number of benzene rings is 3. The molecule has 0 aromatic heterocycles. The number of halogens is 2. The van der Waals surface area contributed by atoms with Crippen molar-refractivity contribution in [2.45, 2.75) is 37.1 Å². The van der Waals surface area contributed by atoms with Gasteiger partial charge in [0.2, 0.25) is 15.9 Å². The molecule has 1 saturated carbocycles. The second-order valence-corrected chi connectivity index (χ2v) is 14.2. The number of nitrogens with one attached hydrogen (secondary N) is 1. The maximum atomic E-state index is 15.2. The van der Waals surface area contributed by atoms with Gasteiger partial charge in [0.1, 0.15) is 5.82 Å². The van der Waals surface area contributed by atoms with E-state index in [1.807, 2.05) is 0 Å². The van der Waals surface area contributed by atoms with Gasteiger partial charge in [-0.2, -0.15) is 0 Å². The molecule has 0 radical (unpaired) electrons. The molecule has 212 valence electrons. The monoisotopic (exact) mass is 606 g/mol. The van der Waals surface area contributed by atoms with Crippen LogP contribution in [0.5, 0.6) is 0 Å². The van der Waals surface area contributed by atoms with E-state index in [1.54, 1.807) is 31.2 Å². The fourth-order valence-corrected chi connectivity index (χ4v) is 6.53. The molecule has 3 aromatic carbocycles. The predicted molar refractivity (Wildman–Crippen MR) is 151 cm³/mol. The molecule has 12 heteroatoms. The number of sulfone groups is 1. The maximum absolute atomic E-state index is 15.2. The van der Waals surface area contributed by atoms with E-state index < -0.39 is 49.1 Å². The predicted octanol–water partition coefficient (Wildman–Crippen LogP) is 5.01. The summed E-state index contributed by atoms with van der Waals surface area (Å²) in [6.45, 7) is 1.54. The lowest BCUT2D eigenvalue weighted by molar-refractivity contribution is -0.115. The SMILES string of the molecule is CCS(=O)(=O)c1ccc(CC(=O)Nc2ccc(C(=O)N([C@@H](c3ccc(Cl)cc3)C3CC3)S(C)(=O)=O)c(F)c2)cc1. The Morgan fingerprint density at radius 1 is 1.00 bits per heavy atom. The molecular weight excluding hydrogens is 579 g/mol. The second kappa shape index (κ2) is 11.7. The maximum Gasteiger partial charge on any atom is 0.270 e. The first-order valence-electron chi connectivity index (χ1n) is 12.5. The molecule has 1 aliphatic carbocycles. The fraction of sp³-hybridized carbons (Fsp3) is 0.286. The van der Waals surface area contributed by atoms with E-state index in [-0.39, 0.29) is 28.7 Å². The summed E-state index contributed by atoms with van der Waals surface area (Å²) in [5, 5.41) is 3.00.